The van der Waals surface area contributed by atoms with Crippen molar-refractivity contribution in [2.75, 3.05) is 7.11 Å². The fraction of sp³-hybridized carbons (Fsp3) is 0.571. The van der Waals surface area contributed by atoms with Gasteiger partial charge >= 0.3 is 11.9 Å². The first-order valence-corrected chi connectivity index (χ1v) is 3.41. The van der Waals surface area contributed by atoms with Crippen LogP contribution in [-0.4, -0.2) is 29.7 Å². The van der Waals surface area contributed by atoms with Crippen molar-refractivity contribution in [3.8, 4) is 6.07 Å². The average molecular weight is 186 g/mol. The van der Waals surface area contributed by atoms with Gasteiger partial charge in [0.2, 0.25) is 5.54 Å². The molecule has 2 atom stereocenters. The smallest absolute Gasteiger partial charge is 0.338 e. The Kier molecular flexibility index (Phi) is 3.39. The normalized spacial score (nSPS) is 16.5. The van der Waals surface area contributed by atoms with Crippen molar-refractivity contribution < 1.29 is 19.4 Å². The minimum Gasteiger partial charge on any atom is -0.479 e. The molecule has 6 nitrogen and oxygen atoms in total. The molecule has 72 valence electrons. The summed E-state index contributed by atoms with van der Waals surface area (Å²) in [7, 11) is 1.01. The minimum atomic E-state index is -2.29. The van der Waals surface area contributed by atoms with Crippen molar-refractivity contribution in [2.45, 2.75) is 12.5 Å². The number of hydrogen-bond acceptors (Lipinski definition) is 5. The Morgan fingerprint density at radius 3 is 2.38 bits per heavy atom. The van der Waals surface area contributed by atoms with E-state index in [1.807, 2.05) is 0 Å². The number of nitrogens with zero attached hydrogens (tertiary/aromatic N) is 1. The van der Waals surface area contributed by atoms with Gasteiger partial charge in [0.25, 0.3) is 0 Å². The van der Waals surface area contributed by atoms with Gasteiger partial charge in [-0.15, -0.1) is 0 Å². The molecule has 2 unspecified atom stereocenters. The molecule has 0 aromatic carbocycles. The Balaban J connectivity index is 5.09. The van der Waals surface area contributed by atoms with Gasteiger partial charge in [0.1, 0.15) is 0 Å². The van der Waals surface area contributed by atoms with E-state index in [1.54, 1.807) is 6.07 Å². The molecular weight excluding hydrogens is 176 g/mol. The number of carbonyl (C=O) groups is 2. The summed E-state index contributed by atoms with van der Waals surface area (Å²) in [6, 6.07) is 1.60. The van der Waals surface area contributed by atoms with Crippen molar-refractivity contribution in [1.29, 1.82) is 5.26 Å². The molecule has 0 heterocycles. The number of carboxylic acid groups (broad SMARTS) is 1. The van der Waals surface area contributed by atoms with Crippen LogP contribution in [0, 0.1) is 17.2 Å². The second-order valence-corrected chi connectivity index (χ2v) is 2.52. The number of rotatable bonds is 3. The van der Waals surface area contributed by atoms with Crippen molar-refractivity contribution in [3.63, 3.8) is 0 Å². The number of aliphatic carboxylic acids is 1. The van der Waals surface area contributed by atoms with Gasteiger partial charge in [-0.05, 0) is 6.92 Å². The number of esters is 1. The molecule has 0 bridgehead atoms. The fourth-order valence-corrected chi connectivity index (χ4v) is 0.720. The highest BCUT2D eigenvalue weighted by atomic mass is 16.5. The van der Waals surface area contributed by atoms with Crippen LogP contribution >= 0.6 is 0 Å². The lowest BCUT2D eigenvalue weighted by molar-refractivity contribution is -0.160. The predicted molar refractivity (Wildman–Crippen MR) is 41.3 cm³/mol. The van der Waals surface area contributed by atoms with Crippen molar-refractivity contribution in [1.82, 2.24) is 0 Å². The molecule has 0 rings (SSSR count). The largest absolute Gasteiger partial charge is 0.479 e. The molecule has 13 heavy (non-hydrogen) atoms. The van der Waals surface area contributed by atoms with E-state index in [-0.39, 0.29) is 0 Å². The molecule has 0 saturated heterocycles. The van der Waals surface area contributed by atoms with Crippen molar-refractivity contribution >= 4 is 11.9 Å². The first-order chi connectivity index (χ1) is 5.91. The molecule has 3 N–H and O–H groups in total. The molecule has 0 radical (unpaired) electrons. The SMILES string of the molecule is COC(=O)C(N)(C(=O)O)C(C)C#N. The molecule has 0 aliphatic carbocycles. The quantitative estimate of drug-likeness (QED) is 0.436. The zero-order valence-electron chi connectivity index (χ0n) is 7.27. The molecule has 0 spiro atoms. The second kappa shape index (κ2) is 3.87. The van der Waals surface area contributed by atoms with Gasteiger partial charge in [-0.2, -0.15) is 5.26 Å². The predicted octanol–water partition coefficient (Wildman–Crippen LogP) is -0.899. The third-order valence-corrected chi connectivity index (χ3v) is 1.75. The van der Waals surface area contributed by atoms with Crippen LogP contribution < -0.4 is 5.73 Å². The second-order valence-electron chi connectivity index (χ2n) is 2.52. The summed E-state index contributed by atoms with van der Waals surface area (Å²) in [6.07, 6.45) is 0. The summed E-state index contributed by atoms with van der Waals surface area (Å²) in [5.74, 6) is -3.86. The number of hydrogen-bond donors (Lipinski definition) is 2. The zero-order chi connectivity index (χ0) is 10.6. The van der Waals surface area contributed by atoms with Crippen LogP contribution in [0.5, 0.6) is 0 Å². The highest BCUT2D eigenvalue weighted by Crippen LogP contribution is 2.15. The topological polar surface area (TPSA) is 113 Å². The average Bonchev–Trinajstić information content (AvgIpc) is 2.13. The third-order valence-electron chi connectivity index (χ3n) is 1.75. The number of carbonyl (C=O) groups excluding carboxylic acids is 1. The number of methoxy groups -OCH3 is 1. The summed E-state index contributed by atoms with van der Waals surface area (Å²) >= 11 is 0. The molecule has 0 amide bonds. The maximum absolute atomic E-state index is 11.0. The monoisotopic (exact) mass is 186 g/mol. The number of nitriles is 1. The van der Waals surface area contributed by atoms with Crippen LogP contribution in [0.3, 0.4) is 0 Å². The number of ether oxygens (including phenoxy) is 1. The molecule has 6 heteroatoms. The summed E-state index contributed by atoms with van der Waals surface area (Å²) in [4.78, 5) is 21.6. The van der Waals surface area contributed by atoms with Gasteiger partial charge in [-0.3, -0.25) is 0 Å². The Hall–Kier alpha value is -1.61. The van der Waals surface area contributed by atoms with E-state index in [1.165, 1.54) is 6.92 Å². The van der Waals surface area contributed by atoms with Gasteiger partial charge < -0.3 is 15.6 Å². The number of nitrogens with two attached hydrogens (primary N) is 1. The number of carboxylic acids is 1. The third kappa shape index (κ3) is 1.76. The molecule has 0 aliphatic heterocycles. The van der Waals surface area contributed by atoms with Gasteiger partial charge in [-0.1, -0.05) is 0 Å². The summed E-state index contributed by atoms with van der Waals surface area (Å²) in [5, 5.41) is 17.1. The first-order valence-electron chi connectivity index (χ1n) is 3.41. The highest BCUT2D eigenvalue weighted by Gasteiger charge is 2.49. The first kappa shape index (κ1) is 11.4. The Morgan fingerprint density at radius 1 is 1.69 bits per heavy atom. The van der Waals surface area contributed by atoms with E-state index in [0.29, 0.717) is 0 Å². The Labute approximate surface area is 74.9 Å². The lowest BCUT2D eigenvalue weighted by Crippen LogP contribution is -2.59. The van der Waals surface area contributed by atoms with E-state index in [4.69, 9.17) is 16.1 Å². The van der Waals surface area contributed by atoms with E-state index in [9.17, 15) is 9.59 Å². The standard InChI is InChI=1S/C7H10N2O4/c1-4(3-8)7(9,5(10)11)6(12)13-2/h4H,9H2,1-2H3,(H,10,11). The lowest BCUT2D eigenvalue weighted by atomic mass is 9.87. The van der Waals surface area contributed by atoms with E-state index < -0.39 is 23.4 Å². The van der Waals surface area contributed by atoms with E-state index >= 15 is 0 Å². The van der Waals surface area contributed by atoms with Crippen molar-refractivity contribution in [3.05, 3.63) is 0 Å². The molecule has 0 saturated carbocycles. The zero-order valence-corrected chi connectivity index (χ0v) is 7.27. The molecule has 0 aromatic heterocycles. The van der Waals surface area contributed by atoms with Gasteiger partial charge in [0, 0.05) is 0 Å². The van der Waals surface area contributed by atoms with Gasteiger partial charge in [0.05, 0.1) is 19.1 Å². The molecule has 0 aliphatic rings. The van der Waals surface area contributed by atoms with E-state index in [2.05, 4.69) is 4.74 Å². The van der Waals surface area contributed by atoms with Crippen LogP contribution in [0.4, 0.5) is 0 Å². The summed E-state index contributed by atoms with van der Waals surface area (Å²) in [6.45, 7) is 1.24. The molecule has 0 aromatic rings. The van der Waals surface area contributed by atoms with Crippen molar-refractivity contribution in [2.24, 2.45) is 11.7 Å². The van der Waals surface area contributed by atoms with Gasteiger partial charge in [0.15, 0.2) is 0 Å². The van der Waals surface area contributed by atoms with Crippen LogP contribution in [0.15, 0.2) is 0 Å². The Morgan fingerprint density at radius 2 is 2.15 bits per heavy atom. The van der Waals surface area contributed by atoms with Crippen LogP contribution in [0.2, 0.25) is 0 Å². The summed E-state index contributed by atoms with van der Waals surface area (Å²) < 4.78 is 4.20. The maximum Gasteiger partial charge on any atom is 0.338 e. The van der Waals surface area contributed by atoms with Crippen LogP contribution in [0.1, 0.15) is 6.92 Å². The van der Waals surface area contributed by atoms with E-state index in [0.717, 1.165) is 7.11 Å². The van der Waals surface area contributed by atoms with Crippen LogP contribution in [0.25, 0.3) is 0 Å². The Bertz CT molecular complexity index is 270. The molecule has 0 fully saturated rings. The minimum absolute atomic E-state index is 1.01. The molecular formula is C7H10N2O4. The summed E-state index contributed by atoms with van der Waals surface area (Å²) in [5.41, 5.74) is 2.96. The van der Waals surface area contributed by atoms with Gasteiger partial charge in [-0.25, -0.2) is 9.59 Å². The highest BCUT2D eigenvalue weighted by molar-refractivity contribution is 6.04. The van der Waals surface area contributed by atoms with Crippen LogP contribution in [-0.2, 0) is 14.3 Å². The maximum atomic E-state index is 11.0. The fourth-order valence-electron chi connectivity index (χ4n) is 0.720. The lowest BCUT2D eigenvalue weighted by Gasteiger charge is -2.23.